The average Bonchev–Trinajstić information content (AvgIpc) is 2.36. The lowest BCUT2D eigenvalue weighted by molar-refractivity contribution is -0.141. The third-order valence-electron chi connectivity index (χ3n) is 2.52. The van der Waals surface area contributed by atoms with Crippen molar-refractivity contribution in [3.8, 4) is 0 Å². The standard InChI is InChI=1S/C12H17N3O3S/c1-7-10(11(19-5)14-8(2)13-7)12(17)15(3)6-9(16)18-4/h6H2,1-5H3. The molecule has 7 heteroatoms. The molecule has 0 fully saturated rings. The second-order valence-electron chi connectivity index (χ2n) is 3.98. The van der Waals surface area contributed by atoms with Gasteiger partial charge in [0, 0.05) is 7.05 Å². The highest BCUT2D eigenvalue weighted by Gasteiger charge is 2.22. The van der Waals surface area contributed by atoms with Gasteiger partial charge in [0.25, 0.3) is 5.91 Å². The molecule has 0 radical (unpaired) electrons. The smallest absolute Gasteiger partial charge is 0.325 e. The van der Waals surface area contributed by atoms with Gasteiger partial charge in [-0.1, -0.05) is 0 Å². The van der Waals surface area contributed by atoms with Gasteiger partial charge in [0.2, 0.25) is 0 Å². The van der Waals surface area contributed by atoms with E-state index in [9.17, 15) is 9.59 Å². The van der Waals surface area contributed by atoms with Crippen molar-refractivity contribution in [3.63, 3.8) is 0 Å². The van der Waals surface area contributed by atoms with Gasteiger partial charge in [-0.3, -0.25) is 9.59 Å². The Kier molecular flexibility index (Phi) is 5.29. The van der Waals surface area contributed by atoms with Gasteiger partial charge >= 0.3 is 5.97 Å². The molecule has 104 valence electrons. The fraction of sp³-hybridized carbons (Fsp3) is 0.500. The molecule has 0 spiro atoms. The summed E-state index contributed by atoms with van der Waals surface area (Å²) < 4.78 is 4.54. The Balaban J connectivity index is 3.08. The van der Waals surface area contributed by atoms with Gasteiger partial charge in [0.1, 0.15) is 17.4 Å². The molecule has 0 aliphatic heterocycles. The lowest BCUT2D eigenvalue weighted by Crippen LogP contribution is -2.33. The summed E-state index contributed by atoms with van der Waals surface area (Å²) in [6.45, 7) is 3.43. The van der Waals surface area contributed by atoms with E-state index in [4.69, 9.17) is 0 Å². The maximum absolute atomic E-state index is 12.3. The Morgan fingerprint density at radius 2 is 1.95 bits per heavy atom. The quantitative estimate of drug-likeness (QED) is 0.467. The number of carbonyl (C=O) groups is 2. The lowest BCUT2D eigenvalue weighted by Gasteiger charge is -2.18. The number of aromatic nitrogens is 2. The third kappa shape index (κ3) is 3.66. The van der Waals surface area contributed by atoms with Gasteiger partial charge < -0.3 is 9.64 Å². The van der Waals surface area contributed by atoms with Crippen molar-refractivity contribution in [2.45, 2.75) is 18.9 Å². The van der Waals surface area contributed by atoms with Crippen molar-refractivity contribution in [2.75, 3.05) is 27.0 Å². The van der Waals surface area contributed by atoms with Crippen molar-refractivity contribution in [2.24, 2.45) is 0 Å². The van der Waals surface area contributed by atoms with E-state index in [1.165, 1.54) is 23.8 Å². The molecule has 0 saturated carbocycles. The molecule has 1 aromatic rings. The first-order valence-corrected chi connectivity index (χ1v) is 6.84. The molecule has 1 heterocycles. The zero-order valence-corrected chi connectivity index (χ0v) is 12.5. The summed E-state index contributed by atoms with van der Waals surface area (Å²) in [6.07, 6.45) is 1.85. The molecule has 1 amide bonds. The van der Waals surface area contributed by atoms with Crippen LogP contribution in [-0.4, -0.2) is 53.7 Å². The first-order valence-electron chi connectivity index (χ1n) is 5.62. The van der Waals surface area contributed by atoms with E-state index in [-0.39, 0.29) is 12.5 Å². The van der Waals surface area contributed by atoms with Crippen molar-refractivity contribution in [1.29, 1.82) is 0 Å². The Hall–Kier alpha value is -1.63. The maximum atomic E-state index is 12.3. The second kappa shape index (κ2) is 6.51. The number of amides is 1. The number of nitrogens with zero attached hydrogens (tertiary/aromatic N) is 3. The fourth-order valence-corrected chi connectivity index (χ4v) is 2.26. The van der Waals surface area contributed by atoms with Crippen LogP contribution in [-0.2, 0) is 9.53 Å². The molecule has 1 aromatic heterocycles. The van der Waals surface area contributed by atoms with E-state index >= 15 is 0 Å². The van der Waals surface area contributed by atoms with Crippen LogP contribution in [0, 0.1) is 13.8 Å². The highest BCUT2D eigenvalue weighted by Crippen LogP contribution is 2.21. The van der Waals surface area contributed by atoms with Gasteiger partial charge in [-0.2, -0.15) is 0 Å². The topological polar surface area (TPSA) is 72.4 Å². The second-order valence-corrected chi connectivity index (χ2v) is 4.77. The van der Waals surface area contributed by atoms with E-state index in [0.29, 0.717) is 22.1 Å². The number of hydrogen-bond acceptors (Lipinski definition) is 6. The molecule has 19 heavy (non-hydrogen) atoms. The van der Waals surface area contributed by atoms with Crippen LogP contribution in [0.3, 0.4) is 0 Å². The average molecular weight is 283 g/mol. The molecule has 0 aromatic carbocycles. The first-order chi connectivity index (χ1) is 8.90. The molecule has 0 saturated heterocycles. The number of thioether (sulfide) groups is 1. The van der Waals surface area contributed by atoms with Crippen molar-refractivity contribution >= 4 is 23.6 Å². The minimum Gasteiger partial charge on any atom is -0.468 e. The van der Waals surface area contributed by atoms with Crippen molar-refractivity contribution in [1.82, 2.24) is 14.9 Å². The Morgan fingerprint density at radius 1 is 1.32 bits per heavy atom. The number of aryl methyl sites for hydroxylation is 2. The fourth-order valence-electron chi connectivity index (χ4n) is 1.60. The molecule has 0 unspecified atom stereocenters. The molecule has 0 aliphatic rings. The Labute approximate surface area is 116 Å². The normalized spacial score (nSPS) is 10.2. The number of ether oxygens (including phenoxy) is 1. The molecule has 0 bridgehead atoms. The van der Waals surface area contributed by atoms with Crippen LogP contribution in [0.4, 0.5) is 0 Å². The lowest BCUT2D eigenvalue weighted by atomic mass is 10.2. The van der Waals surface area contributed by atoms with E-state index < -0.39 is 5.97 Å². The Morgan fingerprint density at radius 3 is 2.47 bits per heavy atom. The van der Waals surface area contributed by atoms with Crippen LogP contribution in [0.5, 0.6) is 0 Å². The van der Waals surface area contributed by atoms with Crippen LogP contribution in [0.15, 0.2) is 5.03 Å². The van der Waals surface area contributed by atoms with Crippen molar-refractivity contribution in [3.05, 3.63) is 17.1 Å². The molecule has 0 N–H and O–H groups in total. The summed E-state index contributed by atoms with van der Waals surface area (Å²) in [6, 6.07) is 0. The van der Waals surface area contributed by atoms with Crippen LogP contribution >= 0.6 is 11.8 Å². The summed E-state index contributed by atoms with van der Waals surface area (Å²) in [5.41, 5.74) is 1.04. The summed E-state index contributed by atoms with van der Waals surface area (Å²) >= 11 is 1.38. The van der Waals surface area contributed by atoms with E-state index in [1.807, 2.05) is 6.26 Å². The highest BCUT2D eigenvalue weighted by molar-refractivity contribution is 7.98. The summed E-state index contributed by atoms with van der Waals surface area (Å²) in [5.74, 6) is -0.131. The Bertz CT molecular complexity index is 505. The number of carbonyl (C=O) groups excluding carboxylic acids is 2. The minimum atomic E-state index is -0.466. The maximum Gasteiger partial charge on any atom is 0.325 e. The summed E-state index contributed by atoms with van der Waals surface area (Å²) in [7, 11) is 2.83. The zero-order valence-electron chi connectivity index (χ0n) is 11.7. The van der Waals surface area contributed by atoms with E-state index in [0.717, 1.165) is 0 Å². The SMILES string of the molecule is COC(=O)CN(C)C(=O)c1c(C)nc(C)nc1SC. The zero-order chi connectivity index (χ0) is 14.6. The van der Waals surface area contributed by atoms with Crippen LogP contribution in [0.2, 0.25) is 0 Å². The molecule has 0 aliphatic carbocycles. The van der Waals surface area contributed by atoms with Crippen LogP contribution in [0.1, 0.15) is 21.9 Å². The number of methoxy groups -OCH3 is 1. The predicted octanol–water partition coefficient (Wildman–Crippen LogP) is 1.06. The third-order valence-corrected chi connectivity index (χ3v) is 3.20. The predicted molar refractivity (Wildman–Crippen MR) is 72.3 cm³/mol. The molecule has 6 nitrogen and oxygen atoms in total. The molecule has 0 atom stereocenters. The number of esters is 1. The molecule has 1 rings (SSSR count). The summed E-state index contributed by atoms with van der Waals surface area (Å²) in [5, 5.41) is 0.617. The van der Waals surface area contributed by atoms with E-state index in [1.54, 1.807) is 20.9 Å². The summed E-state index contributed by atoms with van der Waals surface area (Å²) in [4.78, 5) is 33.3. The number of rotatable bonds is 4. The van der Waals surface area contributed by atoms with Crippen molar-refractivity contribution < 1.29 is 14.3 Å². The highest BCUT2D eigenvalue weighted by atomic mass is 32.2. The van der Waals surface area contributed by atoms with Gasteiger partial charge in [-0.05, 0) is 20.1 Å². The first kappa shape index (κ1) is 15.4. The van der Waals surface area contributed by atoms with Gasteiger partial charge in [-0.25, -0.2) is 9.97 Å². The largest absolute Gasteiger partial charge is 0.468 e. The minimum absolute atomic E-state index is 0.101. The van der Waals surface area contributed by atoms with E-state index in [2.05, 4.69) is 14.7 Å². The van der Waals surface area contributed by atoms with Crippen LogP contribution < -0.4 is 0 Å². The van der Waals surface area contributed by atoms with Gasteiger partial charge in [0.15, 0.2) is 0 Å². The molecular weight excluding hydrogens is 266 g/mol. The monoisotopic (exact) mass is 283 g/mol. The van der Waals surface area contributed by atoms with Gasteiger partial charge in [-0.15, -0.1) is 11.8 Å². The number of likely N-dealkylation sites (N-methyl/N-ethyl adjacent to an activating group) is 1. The number of hydrogen-bond donors (Lipinski definition) is 0. The van der Waals surface area contributed by atoms with Gasteiger partial charge in [0.05, 0.1) is 18.4 Å². The van der Waals surface area contributed by atoms with Crippen LogP contribution in [0.25, 0.3) is 0 Å². The molecular formula is C12H17N3O3S.